The SMILES string of the molecule is CCCCCCCCCc1ccccc1O.OCCCCCCO. The van der Waals surface area contributed by atoms with Gasteiger partial charge < -0.3 is 15.3 Å². The average molecular weight is 339 g/mol. The zero-order chi connectivity index (χ0) is 17.9. The topological polar surface area (TPSA) is 60.7 Å². The van der Waals surface area contributed by atoms with E-state index in [1.807, 2.05) is 18.2 Å². The van der Waals surface area contributed by atoms with Gasteiger partial charge in [-0.25, -0.2) is 0 Å². The van der Waals surface area contributed by atoms with Crippen LogP contribution in [-0.4, -0.2) is 28.5 Å². The second-order valence-corrected chi connectivity index (χ2v) is 6.36. The van der Waals surface area contributed by atoms with Crippen LogP contribution in [0.4, 0.5) is 0 Å². The molecular weight excluding hydrogens is 300 g/mol. The summed E-state index contributed by atoms with van der Waals surface area (Å²) in [5, 5.41) is 26.2. The Kier molecular flexibility index (Phi) is 17.5. The van der Waals surface area contributed by atoms with Gasteiger partial charge in [-0.2, -0.15) is 0 Å². The molecule has 0 amide bonds. The van der Waals surface area contributed by atoms with Crippen molar-refractivity contribution in [3.05, 3.63) is 29.8 Å². The fraction of sp³-hybridized carbons (Fsp3) is 0.714. The highest BCUT2D eigenvalue weighted by atomic mass is 16.3. The van der Waals surface area contributed by atoms with Crippen molar-refractivity contribution >= 4 is 0 Å². The molecule has 0 fully saturated rings. The van der Waals surface area contributed by atoms with Crippen LogP contribution in [0, 0.1) is 0 Å². The molecule has 140 valence electrons. The van der Waals surface area contributed by atoms with Crippen molar-refractivity contribution in [2.24, 2.45) is 0 Å². The summed E-state index contributed by atoms with van der Waals surface area (Å²) in [6, 6.07) is 7.67. The van der Waals surface area contributed by atoms with Gasteiger partial charge in [0.2, 0.25) is 0 Å². The Morgan fingerprint density at radius 1 is 0.667 bits per heavy atom. The molecule has 3 nitrogen and oxygen atoms in total. The molecule has 0 spiro atoms. The molecule has 24 heavy (non-hydrogen) atoms. The number of phenolic OH excluding ortho intramolecular Hbond substituents is 1. The molecule has 0 aliphatic rings. The third kappa shape index (κ3) is 14.5. The molecule has 1 rings (SSSR count). The highest BCUT2D eigenvalue weighted by Crippen LogP contribution is 2.18. The smallest absolute Gasteiger partial charge is 0.118 e. The molecule has 0 aromatic heterocycles. The third-order valence-electron chi connectivity index (χ3n) is 4.11. The molecule has 0 saturated heterocycles. The van der Waals surface area contributed by atoms with E-state index in [1.165, 1.54) is 44.9 Å². The van der Waals surface area contributed by atoms with Crippen LogP contribution in [0.25, 0.3) is 0 Å². The van der Waals surface area contributed by atoms with Crippen molar-refractivity contribution in [3.8, 4) is 5.75 Å². The number of aryl methyl sites for hydroxylation is 1. The van der Waals surface area contributed by atoms with E-state index in [1.54, 1.807) is 6.07 Å². The van der Waals surface area contributed by atoms with E-state index in [0.29, 0.717) is 5.75 Å². The number of rotatable bonds is 13. The first kappa shape index (κ1) is 22.9. The number of hydrogen-bond donors (Lipinski definition) is 3. The second kappa shape index (κ2) is 18.3. The van der Waals surface area contributed by atoms with Crippen molar-refractivity contribution in [2.45, 2.75) is 84.0 Å². The number of aliphatic hydroxyl groups excluding tert-OH is 2. The maximum atomic E-state index is 9.58. The van der Waals surface area contributed by atoms with Gasteiger partial charge in [0, 0.05) is 13.2 Å². The predicted molar refractivity (Wildman–Crippen MR) is 102 cm³/mol. The Bertz CT molecular complexity index is 360. The van der Waals surface area contributed by atoms with Gasteiger partial charge in [-0.05, 0) is 37.3 Å². The minimum atomic E-state index is 0.283. The minimum Gasteiger partial charge on any atom is -0.508 e. The lowest BCUT2D eigenvalue weighted by molar-refractivity contribution is 0.265. The van der Waals surface area contributed by atoms with E-state index in [0.717, 1.165) is 37.7 Å². The number of aliphatic hydroxyl groups is 2. The first-order valence-electron chi connectivity index (χ1n) is 9.74. The Morgan fingerprint density at radius 2 is 1.17 bits per heavy atom. The molecule has 0 aliphatic heterocycles. The van der Waals surface area contributed by atoms with Crippen molar-refractivity contribution in [1.29, 1.82) is 0 Å². The van der Waals surface area contributed by atoms with Gasteiger partial charge in [0.15, 0.2) is 0 Å². The van der Waals surface area contributed by atoms with Gasteiger partial charge in [-0.1, -0.05) is 76.5 Å². The first-order chi connectivity index (χ1) is 11.8. The lowest BCUT2D eigenvalue weighted by Gasteiger charge is -2.04. The molecule has 3 heteroatoms. The average Bonchev–Trinajstić information content (AvgIpc) is 2.60. The summed E-state index contributed by atoms with van der Waals surface area (Å²) < 4.78 is 0. The summed E-state index contributed by atoms with van der Waals surface area (Å²) >= 11 is 0. The number of unbranched alkanes of at least 4 members (excludes halogenated alkanes) is 9. The Morgan fingerprint density at radius 3 is 1.71 bits per heavy atom. The van der Waals surface area contributed by atoms with Gasteiger partial charge >= 0.3 is 0 Å². The Balaban J connectivity index is 0.000000561. The molecule has 3 N–H and O–H groups in total. The predicted octanol–water partition coefficient (Wildman–Crippen LogP) is 5.22. The first-order valence-corrected chi connectivity index (χ1v) is 9.74. The molecular formula is C21H38O3. The molecule has 0 heterocycles. The highest BCUT2D eigenvalue weighted by Gasteiger charge is 1.98. The molecule has 1 aromatic rings. The molecule has 0 unspecified atom stereocenters. The van der Waals surface area contributed by atoms with Crippen LogP contribution in [0.1, 0.15) is 83.1 Å². The van der Waals surface area contributed by atoms with Crippen LogP contribution in [0.2, 0.25) is 0 Å². The minimum absolute atomic E-state index is 0.283. The monoisotopic (exact) mass is 338 g/mol. The summed E-state index contributed by atoms with van der Waals surface area (Å²) in [7, 11) is 0. The van der Waals surface area contributed by atoms with E-state index >= 15 is 0 Å². The lowest BCUT2D eigenvalue weighted by Crippen LogP contribution is -1.87. The normalized spacial score (nSPS) is 10.3. The molecule has 1 aromatic carbocycles. The van der Waals surface area contributed by atoms with Crippen molar-refractivity contribution in [2.75, 3.05) is 13.2 Å². The van der Waals surface area contributed by atoms with Gasteiger partial charge in [0.05, 0.1) is 0 Å². The fourth-order valence-electron chi connectivity index (χ4n) is 2.57. The van der Waals surface area contributed by atoms with E-state index in [9.17, 15) is 5.11 Å². The third-order valence-corrected chi connectivity index (χ3v) is 4.11. The van der Waals surface area contributed by atoms with Crippen molar-refractivity contribution < 1.29 is 15.3 Å². The highest BCUT2D eigenvalue weighted by molar-refractivity contribution is 5.31. The number of phenols is 1. The quantitative estimate of drug-likeness (QED) is 0.432. The summed E-state index contributed by atoms with van der Waals surface area (Å²) in [5.41, 5.74) is 1.09. The second-order valence-electron chi connectivity index (χ2n) is 6.36. The van der Waals surface area contributed by atoms with Crippen LogP contribution in [-0.2, 0) is 6.42 Å². The number of hydrogen-bond acceptors (Lipinski definition) is 3. The summed E-state index contributed by atoms with van der Waals surface area (Å²) in [6.07, 6.45) is 14.1. The van der Waals surface area contributed by atoms with Crippen molar-refractivity contribution in [1.82, 2.24) is 0 Å². The van der Waals surface area contributed by atoms with Gasteiger partial charge in [0.1, 0.15) is 5.75 Å². The van der Waals surface area contributed by atoms with E-state index in [-0.39, 0.29) is 13.2 Å². The number of benzene rings is 1. The standard InChI is InChI=1S/C15H24O.C6H14O2/c1-2-3-4-5-6-7-8-11-14-12-9-10-13-15(14)16;7-5-3-1-2-4-6-8/h9-10,12-13,16H,2-8,11H2,1H3;7-8H,1-6H2. The zero-order valence-electron chi connectivity index (χ0n) is 15.6. The maximum absolute atomic E-state index is 9.58. The molecule has 0 saturated carbocycles. The van der Waals surface area contributed by atoms with Crippen LogP contribution < -0.4 is 0 Å². The molecule has 0 aliphatic carbocycles. The molecule has 0 bridgehead atoms. The van der Waals surface area contributed by atoms with Gasteiger partial charge in [-0.3, -0.25) is 0 Å². The van der Waals surface area contributed by atoms with Gasteiger partial charge in [0.25, 0.3) is 0 Å². The van der Waals surface area contributed by atoms with Crippen LogP contribution >= 0.6 is 0 Å². The zero-order valence-corrected chi connectivity index (χ0v) is 15.6. The van der Waals surface area contributed by atoms with Crippen LogP contribution in [0.5, 0.6) is 5.75 Å². The van der Waals surface area contributed by atoms with E-state index in [2.05, 4.69) is 6.92 Å². The van der Waals surface area contributed by atoms with E-state index in [4.69, 9.17) is 10.2 Å². The van der Waals surface area contributed by atoms with Gasteiger partial charge in [-0.15, -0.1) is 0 Å². The maximum Gasteiger partial charge on any atom is 0.118 e. The largest absolute Gasteiger partial charge is 0.508 e. The fourth-order valence-corrected chi connectivity index (χ4v) is 2.57. The number of aromatic hydroxyl groups is 1. The number of para-hydroxylation sites is 1. The summed E-state index contributed by atoms with van der Waals surface area (Å²) in [4.78, 5) is 0. The van der Waals surface area contributed by atoms with Crippen LogP contribution in [0.15, 0.2) is 24.3 Å². The Hall–Kier alpha value is -1.06. The van der Waals surface area contributed by atoms with Crippen LogP contribution in [0.3, 0.4) is 0 Å². The molecule has 0 radical (unpaired) electrons. The Labute approximate surface area is 148 Å². The summed E-state index contributed by atoms with van der Waals surface area (Å²) in [6.45, 7) is 2.81. The van der Waals surface area contributed by atoms with Crippen molar-refractivity contribution in [3.63, 3.8) is 0 Å². The molecule has 0 atom stereocenters. The van der Waals surface area contributed by atoms with E-state index < -0.39 is 0 Å². The summed E-state index contributed by atoms with van der Waals surface area (Å²) in [5.74, 6) is 0.452. The lowest BCUT2D eigenvalue weighted by atomic mass is 10.0.